The molecule has 0 bridgehead atoms. The van der Waals surface area contributed by atoms with Crippen molar-refractivity contribution < 1.29 is 9.59 Å². The van der Waals surface area contributed by atoms with Crippen molar-refractivity contribution >= 4 is 29.2 Å². The van der Waals surface area contributed by atoms with Gasteiger partial charge in [-0.25, -0.2) is 0 Å². The van der Waals surface area contributed by atoms with Gasteiger partial charge < -0.3 is 10.2 Å². The van der Waals surface area contributed by atoms with Crippen LogP contribution in [0.5, 0.6) is 0 Å². The number of thiophene rings is 1. The summed E-state index contributed by atoms with van der Waals surface area (Å²) in [6.45, 7) is 2.81. The zero-order chi connectivity index (χ0) is 16.2. The summed E-state index contributed by atoms with van der Waals surface area (Å²) in [5, 5.41) is 2.76. The molecule has 118 valence electrons. The summed E-state index contributed by atoms with van der Waals surface area (Å²) in [5.41, 5.74) is 1.17. The Bertz CT molecular complexity index is 736. The monoisotopic (exact) mass is 326 g/mol. The molecule has 0 saturated carbocycles. The Morgan fingerprint density at radius 1 is 1.26 bits per heavy atom. The summed E-state index contributed by atoms with van der Waals surface area (Å²) in [5.74, 6) is -0.220. The van der Waals surface area contributed by atoms with Gasteiger partial charge in [-0.15, -0.1) is 11.3 Å². The van der Waals surface area contributed by atoms with E-state index in [-0.39, 0.29) is 11.8 Å². The highest BCUT2D eigenvalue weighted by Gasteiger charge is 2.27. The molecule has 1 fully saturated rings. The Kier molecular flexibility index (Phi) is 4.57. The molecule has 3 rings (SSSR count). The smallest absolute Gasteiger partial charge is 0.247 e. The lowest BCUT2D eigenvalue weighted by atomic mass is 10.2. The number of rotatable bonds is 3. The van der Waals surface area contributed by atoms with Crippen LogP contribution in [0.2, 0.25) is 0 Å². The Morgan fingerprint density at radius 3 is 2.83 bits per heavy atom. The van der Waals surface area contributed by atoms with Gasteiger partial charge in [0.2, 0.25) is 11.8 Å². The summed E-state index contributed by atoms with van der Waals surface area (Å²) in [6, 6.07) is 13.8. The van der Waals surface area contributed by atoms with Gasteiger partial charge in [-0.2, -0.15) is 0 Å². The topological polar surface area (TPSA) is 49.4 Å². The molecule has 0 radical (unpaired) electrons. The lowest BCUT2D eigenvalue weighted by Gasteiger charge is -2.31. The Hall–Kier alpha value is -2.40. The molecule has 1 N–H and O–H groups in total. The number of nitrogens with zero attached hydrogens (tertiary/aromatic N) is 1. The van der Waals surface area contributed by atoms with Crippen LogP contribution in [0.15, 0.2) is 48.5 Å². The Morgan fingerprint density at radius 2 is 2.04 bits per heavy atom. The van der Waals surface area contributed by atoms with Crippen LogP contribution < -0.4 is 5.32 Å². The predicted octanol–water partition coefficient (Wildman–Crippen LogP) is 2.78. The number of hydrogen-bond acceptors (Lipinski definition) is 3. The second kappa shape index (κ2) is 6.79. The third-order valence-corrected chi connectivity index (χ3v) is 4.96. The molecule has 1 aromatic heterocycles. The molecule has 2 heterocycles. The van der Waals surface area contributed by atoms with E-state index in [1.807, 2.05) is 30.3 Å². The average Bonchev–Trinajstić information content (AvgIpc) is 3.05. The van der Waals surface area contributed by atoms with E-state index in [0.717, 1.165) is 4.88 Å². The fourth-order valence-corrected chi connectivity index (χ4v) is 3.45. The normalized spacial score (nSPS) is 18.2. The van der Waals surface area contributed by atoms with Crippen molar-refractivity contribution in [1.82, 2.24) is 10.2 Å². The van der Waals surface area contributed by atoms with Crippen molar-refractivity contribution in [2.24, 2.45) is 0 Å². The van der Waals surface area contributed by atoms with Crippen LogP contribution in [0.1, 0.15) is 11.8 Å². The minimum atomic E-state index is -0.413. The number of hydrogen-bond donors (Lipinski definition) is 1. The summed E-state index contributed by atoms with van der Waals surface area (Å²) in [6.07, 6.45) is 3.37. The molecule has 2 aromatic rings. The largest absolute Gasteiger partial charge is 0.353 e. The van der Waals surface area contributed by atoms with Crippen molar-refractivity contribution in [1.29, 1.82) is 0 Å². The van der Waals surface area contributed by atoms with Gasteiger partial charge in [-0.3, -0.25) is 9.59 Å². The first kappa shape index (κ1) is 15.5. The van der Waals surface area contributed by atoms with Crippen molar-refractivity contribution in [3.05, 3.63) is 53.4 Å². The zero-order valence-electron chi connectivity index (χ0n) is 12.9. The molecule has 1 atom stereocenters. The first-order valence-corrected chi connectivity index (χ1v) is 8.38. The number of piperazine rings is 1. The molecule has 1 unspecified atom stereocenters. The van der Waals surface area contributed by atoms with E-state index in [1.54, 1.807) is 29.2 Å². The first-order valence-electron chi connectivity index (χ1n) is 7.57. The van der Waals surface area contributed by atoms with Gasteiger partial charge in [-0.05, 0) is 30.7 Å². The van der Waals surface area contributed by atoms with Crippen LogP contribution in [-0.2, 0) is 9.59 Å². The number of benzene rings is 1. The number of carbonyl (C=O) groups excluding carboxylic acids is 2. The van der Waals surface area contributed by atoms with E-state index < -0.39 is 6.04 Å². The summed E-state index contributed by atoms with van der Waals surface area (Å²) >= 11 is 1.64. The van der Waals surface area contributed by atoms with Gasteiger partial charge in [-0.1, -0.05) is 30.3 Å². The van der Waals surface area contributed by atoms with Gasteiger partial charge >= 0.3 is 0 Å². The zero-order valence-corrected chi connectivity index (χ0v) is 13.7. The predicted molar refractivity (Wildman–Crippen MR) is 93.0 cm³/mol. The highest BCUT2D eigenvalue weighted by Crippen LogP contribution is 2.28. The standard InChI is InChI=1S/C18H18N2O2S/c1-13-18(22)19-11-12-20(13)17(21)10-8-15-7-9-16(23-15)14-5-3-2-4-6-14/h2-10,13H,11-12H2,1H3,(H,19,22)/b10-8+. The third-order valence-electron chi connectivity index (χ3n) is 3.86. The van der Waals surface area contributed by atoms with Gasteiger partial charge in [0.25, 0.3) is 0 Å². The molecule has 2 amide bonds. The molecule has 1 aliphatic rings. The van der Waals surface area contributed by atoms with Crippen molar-refractivity contribution in [2.75, 3.05) is 13.1 Å². The molecule has 4 nitrogen and oxygen atoms in total. The maximum Gasteiger partial charge on any atom is 0.247 e. The van der Waals surface area contributed by atoms with Crippen molar-refractivity contribution in [3.63, 3.8) is 0 Å². The van der Waals surface area contributed by atoms with Crippen LogP contribution in [0.3, 0.4) is 0 Å². The number of carbonyl (C=O) groups is 2. The molecule has 1 aliphatic heterocycles. The average molecular weight is 326 g/mol. The molecule has 5 heteroatoms. The van der Waals surface area contributed by atoms with Crippen LogP contribution in [0, 0.1) is 0 Å². The van der Waals surface area contributed by atoms with E-state index in [0.29, 0.717) is 13.1 Å². The van der Waals surface area contributed by atoms with Crippen LogP contribution in [0.4, 0.5) is 0 Å². The van der Waals surface area contributed by atoms with E-state index in [1.165, 1.54) is 10.4 Å². The van der Waals surface area contributed by atoms with E-state index in [4.69, 9.17) is 0 Å². The fraction of sp³-hybridized carbons (Fsp3) is 0.222. The maximum atomic E-state index is 12.3. The summed E-state index contributed by atoms with van der Waals surface area (Å²) in [4.78, 5) is 27.7. The van der Waals surface area contributed by atoms with Crippen LogP contribution in [-0.4, -0.2) is 35.8 Å². The van der Waals surface area contributed by atoms with Crippen molar-refractivity contribution in [3.8, 4) is 10.4 Å². The molecular weight excluding hydrogens is 308 g/mol. The summed E-state index contributed by atoms with van der Waals surface area (Å²) in [7, 11) is 0. The van der Waals surface area contributed by atoms with Crippen LogP contribution in [0.25, 0.3) is 16.5 Å². The van der Waals surface area contributed by atoms with E-state index >= 15 is 0 Å². The Balaban J connectivity index is 1.69. The third kappa shape index (κ3) is 3.51. The molecule has 1 saturated heterocycles. The quantitative estimate of drug-likeness (QED) is 0.882. The van der Waals surface area contributed by atoms with Gasteiger partial charge in [0.05, 0.1) is 0 Å². The van der Waals surface area contributed by atoms with Crippen LogP contribution >= 0.6 is 11.3 Å². The minimum absolute atomic E-state index is 0.0968. The van der Waals surface area contributed by atoms with Gasteiger partial charge in [0.1, 0.15) is 6.04 Å². The van der Waals surface area contributed by atoms with Gasteiger partial charge in [0.15, 0.2) is 0 Å². The molecular formula is C18H18N2O2S. The summed E-state index contributed by atoms with van der Waals surface area (Å²) < 4.78 is 0. The minimum Gasteiger partial charge on any atom is -0.353 e. The lowest BCUT2D eigenvalue weighted by Crippen LogP contribution is -2.55. The van der Waals surface area contributed by atoms with Crippen molar-refractivity contribution in [2.45, 2.75) is 13.0 Å². The highest BCUT2D eigenvalue weighted by molar-refractivity contribution is 7.16. The molecule has 23 heavy (non-hydrogen) atoms. The van der Waals surface area contributed by atoms with E-state index in [9.17, 15) is 9.59 Å². The number of nitrogens with one attached hydrogen (secondary N) is 1. The SMILES string of the molecule is CC1C(=O)NCCN1C(=O)/C=C/c1ccc(-c2ccccc2)s1. The molecule has 1 aromatic carbocycles. The second-order valence-electron chi connectivity index (χ2n) is 5.40. The molecule has 0 aliphatic carbocycles. The number of amides is 2. The fourth-order valence-electron chi connectivity index (χ4n) is 2.53. The molecule has 0 spiro atoms. The lowest BCUT2D eigenvalue weighted by molar-refractivity contribution is -0.139. The highest BCUT2D eigenvalue weighted by atomic mass is 32.1. The van der Waals surface area contributed by atoms with E-state index in [2.05, 4.69) is 23.5 Å². The maximum absolute atomic E-state index is 12.3. The second-order valence-corrected chi connectivity index (χ2v) is 6.52. The van der Waals surface area contributed by atoms with Gasteiger partial charge in [0, 0.05) is 28.9 Å². The first-order chi connectivity index (χ1) is 11.1. The Labute approximate surface area is 139 Å².